The SMILES string of the molecule is CNc1ccc(-n2ccn(-c3c4c(nn3-c3cc(C)c(F)c(C)c3)CC3CCC4N3)c2=O)c(F)c1C=N. The third-order valence-corrected chi connectivity index (χ3v) is 7.51. The van der Waals surface area contributed by atoms with E-state index in [0.717, 1.165) is 36.7 Å². The number of hydrogen-bond acceptors (Lipinski definition) is 5. The molecule has 2 unspecified atom stereocenters. The molecule has 1 fully saturated rings. The number of fused-ring (bicyclic) bond motifs is 4. The van der Waals surface area contributed by atoms with Gasteiger partial charge >= 0.3 is 5.69 Å². The Morgan fingerprint density at radius 3 is 2.54 bits per heavy atom. The fraction of sp³-hybridized carbons (Fsp3) is 0.296. The Hall–Kier alpha value is -4.05. The standard InChI is InChI=1S/C27H27F2N7O/c1-14-10-17(11-15(2)24(14)28)36-26(23-20-5-4-16(32-20)12-21(23)33-36)35-9-8-34(27(35)37)22-7-6-19(31-3)18(13-30)25(22)29/h6-11,13,16,20,30-32H,4-5,12H2,1-3H3. The maximum Gasteiger partial charge on any atom is 0.338 e. The number of rotatable bonds is 5. The van der Waals surface area contributed by atoms with Crippen LogP contribution in [-0.2, 0) is 6.42 Å². The van der Waals surface area contributed by atoms with E-state index in [4.69, 9.17) is 10.5 Å². The summed E-state index contributed by atoms with van der Waals surface area (Å²) >= 11 is 0. The average Bonchev–Trinajstić information content (AvgIpc) is 3.57. The van der Waals surface area contributed by atoms with Gasteiger partial charge in [-0.1, -0.05) is 0 Å². The van der Waals surface area contributed by atoms with Gasteiger partial charge < -0.3 is 16.0 Å². The molecule has 2 aliphatic rings. The summed E-state index contributed by atoms with van der Waals surface area (Å²) < 4.78 is 34.3. The summed E-state index contributed by atoms with van der Waals surface area (Å²) in [4.78, 5) is 13.8. The minimum atomic E-state index is -0.665. The second kappa shape index (κ2) is 8.52. The molecule has 0 saturated carbocycles. The van der Waals surface area contributed by atoms with Crippen LogP contribution >= 0.6 is 0 Å². The summed E-state index contributed by atoms with van der Waals surface area (Å²) in [7, 11) is 1.65. The number of nitrogens with one attached hydrogen (secondary N) is 3. The highest BCUT2D eigenvalue weighted by molar-refractivity contribution is 5.87. The zero-order valence-electron chi connectivity index (χ0n) is 20.8. The molecule has 37 heavy (non-hydrogen) atoms. The van der Waals surface area contributed by atoms with Crippen LogP contribution in [0.3, 0.4) is 0 Å². The summed E-state index contributed by atoms with van der Waals surface area (Å²) in [6.45, 7) is 3.42. The molecule has 2 atom stereocenters. The Bertz CT molecular complexity index is 1610. The summed E-state index contributed by atoms with van der Waals surface area (Å²) in [6.07, 6.45) is 6.75. The third-order valence-electron chi connectivity index (χ3n) is 7.51. The summed E-state index contributed by atoms with van der Waals surface area (Å²) in [5.41, 5.74) is 3.61. The predicted octanol–water partition coefficient (Wildman–Crippen LogP) is 4.10. The van der Waals surface area contributed by atoms with Crippen LogP contribution in [0.15, 0.2) is 41.5 Å². The van der Waals surface area contributed by atoms with Gasteiger partial charge in [0.15, 0.2) is 5.82 Å². The van der Waals surface area contributed by atoms with Gasteiger partial charge in [0.2, 0.25) is 0 Å². The molecule has 2 aromatic heterocycles. The number of hydrogen-bond donors (Lipinski definition) is 3. The van der Waals surface area contributed by atoms with Gasteiger partial charge in [-0.2, -0.15) is 5.10 Å². The molecule has 2 bridgehead atoms. The van der Waals surface area contributed by atoms with Gasteiger partial charge in [0.05, 0.1) is 22.6 Å². The van der Waals surface area contributed by atoms with Crippen LogP contribution in [0.2, 0.25) is 0 Å². The molecule has 0 amide bonds. The molecule has 3 N–H and O–H groups in total. The van der Waals surface area contributed by atoms with Crippen molar-refractivity contribution in [2.45, 2.75) is 45.2 Å². The lowest BCUT2D eigenvalue weighted by Crippen LogP contribution is -2.32. The lowest BCUT2D eigenvalue weighted by atomic mass is 10.0. The third kappa shape index (κ3) is 3.46. The fourth-order valence-electron chi connectivity index (χ4n) is 5.72. The van der Waals surface area contributed by atoms with Gasteiger partial charge in [-0.3, -0.25) is 9.13 Å². The lowest BCUT2D eigenvalue weighted by molar-refractivity contribution is 0.509. The maximum atomic E-state index is 15.4. The van der Waals surface area contributed by atoms with Gasteiger partial charge in [0.25, 0.3) is 0 Å². The molecule has 4 heterocycles. The molecular weight excluding hydrogens is 476 g/mol. The van der Waals surface area contributed by atoms with Crippen LogP contribution in [0, 0.1) is 30.9 Å². The molecule has 2 aromatic carbocycles. The topological polar surface area (TPSA) is 92.7 Å². The van der Waals surface area contributed by atoms with E-state index in [1.54, 1.807) is 50.0 Å². The lowest BCUT2D eigenvalue weighted by Gasteiger charge is -2.21. The van der Waals surface area contributed by atoms with E-state index in [0.29, 0.717) is 34.4 Å². The van der Waals surface area contributed by atoms with Gasteiger partial charge in [0.1, 0.15) is 11.6 Å². The number of aryl methyl sites for hydroxylation is 2. The first-order chi connectivity index (χ1) is 17.8. The van der Waals surface area contributed by atoms with E-state index < -0.39 is 11.5 Å². The summed E-state index contributed by atoms with van der Waals surface area (Å²) in [5.74, 6) is -0.363. The van der Waals surface area contributed by atoms with Crippen molar-refractivity contribution < 1.29 is 8.78 Å². The van der Waals surface area contributed by atoms with E-state index in [-0.39, 0.29) is 23.1 Å². The van der Waals surface area contributed by atoms with E-state index in [1.165, 1.54) is 21.4 Å². The van der Waals surface area contributed by atoms with Gasteiger partial charge in [-0.05, 0) is 62.1 Å². The first kappa shape index (κ1) is 23.4. The maximum absolute atomic E-state index is 15.4. The number of imidazole rings is 1. The van der Waals surface area contributed by atoms with Crippen LogP contribution in [0.4, 0.5) is 14.5 Å². The van der Waals surface area contributed by atoms with Gasteiger partial charge in [0, 0.05) is 55.4 Å². The zero-order valence-corrected chi connectivity index (χ0v) is 20.8. The van der Waals surface area contributed by atoms with Crippen molar-refractivity contribution in [3.05, 3.63) is 86.7 Å². The molecule has 8 nitrogen and oxygen atoms in total. The first-order valence-corrected chi connectivity index (χ1v) is 12.3. The van der Waals surface area contributed by atoms with Crippen molar-refractivity contribution in [2.24, 2.45) is 0 Å². The second-order valence-electron chi connectivity index (χ2n) is 9.76. The predicted molar refractivity (Wildman–Crippen MR) is 138 cm³/mol. The van der Waals surface area contributed by atoms with Crippen molar-refractivity contribution in [1.29, 1.82) is 5.41 Å². The van der Waals surface area contributed by atoms with Crippen molar-refractivity contribution in [1.82, 2.24) is 24.2 Å². The van der Waals surface area contributed by atoms with E-state index >= 15 is 4.39 Å². The van der Waals surface area contributed by atoms with Crippen LogP contribution in [0.1, 0.15) is 46.8 Å². The van der Waals surface area contributed by atoms with Crippen molar-refractivity contribution >= 4 is 11.9 Å². The minimum Gasteiger partial charge on any atom is -0.388 e. The van der Waals surface area contributed by atoms with Crippen molar-refractivity contribution in [3.8, 4) is 17.2 Å². The van der Waals surface area contributed by atoms with E-state index in [9.17, 15) is 9.18 Å². The Kier molecular flexibility index (Phi) is 5.38. The Balaban J connectivity index is 1.58. The number of nitrogens with zero attached hydrogens (tertiary/aromatic N) is 4. The Labute approximate surface area is 212 Å². The number of anilines is 1. The molecule has 10 heteroatoms. The molecule has 0 aliphatic carbocycles. The fourth-order valence-corrected chi connectivity index (χ4v) is 5.72. The highest BCUT2D eigenvalue weighted by Gasteiger charge is 2.38. The molecule has 6 rings (SSSR count). The van der Waals surface area contributed by atoms with Gasteiger partial charge in [-0.25, -0.2) is 18.3 Å². The molecule has 0 spiro atoms. The van der Waals surface area contributed by atoms with Crippen molar-refractivity contribution in [2.75, 3.05) is 12.4 Å². The molecule has 190 valence electrons. The zero-order chi connectivity index (χ0) is 26.0. The Morgan fingerprint density at radius 1 is 1.11 bits per heavy atom. The summed E-state index contributed by atoms with van der Waals surface area (Å²) in [6, 6.07) is 7.00. The van der Waals surface area contributed by atoms with Crippen molar-refractivity contribution in [3.63, 3.8) is 0 Å². The van der Waals surface area contributed by atoms with Crippen LogP contribution in [0.5, 0.6) is 0 Å². The minimum absolute atomic E-state index is 0.0477. The number of halogens is 2. The highest BCUT2D eigenvalue weighted by Crippen LogP contribution is 2.40. The molecule has 2 aliphatic heterocycles. The van der Waals surface area contributed by atoms with Crippen LogP contribution in [-0.4, -0.2) is 38.2 Å². The van der Waals surface area contributed by atoms with E-state index in [1.807, 2.05) is 0 Å². The monoisotopic (exact) mass is 503 g/mol. The molecule has 1 saturated heterocycles. The smallest absolute Gasteiger partial charge is 0.338 e. The quantitative estimate of drug-likeness (QED) is 0.358. The second-order valence-corrected chi connectivity index (χ2v) is 9.76. The highest BCUT2D eigenvalue weighted by atomic mass is 19.1. The normalized spacial score (nSPS) is 18.2. The number of benzene rings is 2. The first-order valence-electron chi connectivity index (χ1n) is 12.3. The molecule has 4 aromatic rings. The van der Waals surface area contributed by atoms with E-state index in [2.05, 4.69) is 10.6 Å². The van der Waals surface area contributed by atoms with Gasteiger partial charge in [-0.15, -0.1) is 0 Å². The molecule has 0 radical (unpaired) electrons. The largest absolute Gasteiger partial charge is 0.388 e. The molecular formula is C27H27F2N7O. The average molecular weight is 504 g/mol. The van der Waals surface area contributed by atoms with Crippen LogP contribution < -0.4 is 16.3 Å². The number of aromatic nitrogens is 4. The summed E-state index contributed by atoms with van der Waals surface area (Å²) in [5, 5.41) is 19.0. The van der Waals surface area contributed by atoms with Crippen LogP contribution in [0.25, 0.3) is 17.2 Å². The Morgan fingerprint density at radius 2 is 1.84 bits per heavy atom.